The van der Waals surface area contributed by atoms with Gasteiger partial charge in [0.05, 0.1) is 5.57 Å². The zero-order valence-corrected chi connectivity index (χ0v) is 18.7. The van der Waals surface area contributed by atoms with E-state index in [1.807, 2.05) is 55.6 Å². The zero-order valence-electron chi connectivity index (χ0n) is 18.7. The summed E-state index contributed by atoms with van der Waals surface area (Å²) in [7, 11) is 0. The second kappa shape index (κ2) is 8.30. The molecule has 5 nitrogen and oxygen atoms in total. The molecule has 3 heterocycles. The second-order valence-electron chi connectivity index (χ2n) is 9.15. The maximum absolute atomic E-state index is 13.6. The standard InChI is InChI=1S/C27H29N3O2/c1-18-9-11-20(12-10-18)24-25(29-14-5-6-19(2)17-29)27(32)30(26(24)31)15-13-21-16-28-23-8-4-3-7-22(21)23/h3-4,7-12,16,19,28H,5-6,13-15,17H2,1-2H3. The minimum absolute atomic E-state index is 0.153. The van der Waals surface area contributed by atoms with Crippen LogP contribution in [0.5, 0.6) is 0 Å². The zero-order chi connectivity index (χ0) is 22.2. The summed E-state index contributed by atoms with van der Waals surface area (Å²) in [5.74, 6) is 0.185. The molecule has 1 N–H and O–H groups in total. The molecule has 1 unspecified atom stereocenters. The van der Waals surface area contributed by atoms with Crippen LogP contribution in [0.25, 0.3) is 16.5 Å². The third-order valence-corrected chi connectivity index (χ3v) is 6.74. The van der Waals surface area contributed by atoms with Crippen LogP contribution >= 0.6 is 0 Å². The summed E-state index contributed by atoms with van der Waals surface area (Å²) in [6.07, 6.45) is 4.82. The molecule has 1 fully saturated rings. The molecule has 2 amide bonds. The Bertz CT molecular complexity index is 1210. The maximum atomic E-state index is 13.6. The van der Waals surface area contributed by atoms with Crippen molar-refractivity contribution in [3.05, 3.63) is 77.1 Å². The van der Waals surface area contributed by atoms with Crippen molar-refractivity contribution in [3.8, 4) is 0 Å². The number of aromatic nitrogens is 1. The smallest absolute Gasteiger partial charge is 0.277 e. The van der Waals surface area contributed by atoms with Gasteiger partial charge in [-0.2, -0.15) is 0 Å². The Labute approximate surface area is 188 Å². The van der Waals surface area contributed by atoms with E-state index in [0.29, 0.717) is 30.2 Å². The molecule has 1 saturated heterocycles. The molecule has 1 aromatic heterocycles. The number of nitrogens with zero attached hydrogens (tertiary/aromatic N) is 2. The number of carbonyl (C=O) groups excluding carboxylic acids is 2. The molecule has 0 spiro atoms. The first-order chi connectivity index (χ1) is 15.5. The molecule has 0 aliphatic carbocycles. The van der Waals surface area contributed by atoms with Gasteiger partial charge in [-0.1, -0.05) is 55.0 Å². The Kier molecular flexibility index (Phi) is 5.33. The van der Waals surface area contributed by atoms with Crippen LogP contribution in [0, 0.1) is 12.8 Å². The first-order valence-corrected chi connectivity index (χ1v) is 11.5. The van der Waals surface area contributed by atoms with Crippen molar-refractivity contribution in [2.45, 2.75) is 33.1 Å². The molecule has 2 aliphatic rings. The van der Waals surface area contributed by atoms with Gasteiger partial charge in [0.25, 0.3) is 11.8 Å². The van der Waals surface area contributed by atoms with Crippen LogP contribution in [-0.2, 0) is 16.0 Å². The minimum atomic E-state index is -0.174. The minimum Gasteiger partial charge on any atom is -0.366 e. The maximum Gasteiger partial charge on any atom is 0.277 e. The number of para-hydroxylation sites is 1. The van der Waals surface area contributed by atoms with Crippen molar-refractivity contribution in [1.29, 1.82) is 0 Å². The van der Waals surface area contributed by atoms with Crippen LogP contribution in [0.15, 0.2) is 60.4 Å². The quantitative estimate of drug-likeness (QED) is 0.609. The first kappa shape index (κ1) is 20.6. The van der Waals surface area contributed by atoms with Crippen LogP contribution in [-0.4, -0.2) is 46.2 Å². The molecule has 0 saturated carbocycles. The van der Waals surface area contributed by atoms with Crippen molar-refractivity contribution >= 4 is 28.3 Å². The van der Waals surface area contributed by atoms with Gasteiger partial charge in [0, 0.05) is 36.7 Å². The van der Waals surface area contributed by atoms with Crippen LogP contribution in [0.4, 0.5) is 0 Å². The molecule has 0 bridgehead atoms. The van der Waals surface area contributed by atoms with Gasteiger partial charge in [0.1, 0.15) is 5.70 Å². The number of amides is 2. The van der Waals surface area contributed by atoms with E-state index in [4.69, 9.17) is 0 Å². The number of benzene rings is 2. The lowest BCUT2D eigenvalue weighted by atomic mass is 9.97. The molecular weight excluding hydrogens is 398 g/mol. The van der Waals surface area contributed by atoms with Crippen molar-refractivity contribution < 1.29 is 9.59 Å². The molecular formula is C27H29N3O2. The first-order valence-electron chi connectivity index (χ1n) is 11.5. The lowest BCUT2D eigenvalue weighted by molar-refractivity contribution is -0.137. The molecule has 2 aliphatic heterocycles. The average Bonchev–Trinajstić information content (AvgIpc) is 3.31. The molecule has 32 heavy (non-hydrogen) atoms. The number of carbonyl (C=O) groups is 2. The summed E-state index contributed by atoms with van der Waals surface area (Å²) in [5.41, 5.74) is 5.31. The third kappa shape index (κ3) is 3.62. The van der Waals surface area contributed by atoms with Crippen molar-refractivity contribution in [3.63, 3.8) is 0 Å². The van der Waals surface area contributed by atoms with Crippen LogP contribution in [0.3, 0.4) is 0 Å². The number of fused-ring (bicyclic) bond motifs is 1. The van der Waals surface area contributed by atoms with Crippen molar-refractivity contribution in [2.24, 2.45) is 5.92 Å². The fourth-order valence-corrected chi connectivity index (χ4v) is 5.00. The van der Waals surface area contributed by atoms with Gasteiger partial charge < -0.3 is 9.88 Å². The molecule has 5 heteroatoms. The number of imide groups is 1. The average molecular weight is 428 g/mol. The molecule has 0 radical (unpaired) electrons. The van der Waals surface area contributed by atoms with Gasteiger partial charge in [-0.15, -0.1) is 0 Å². The highest BCUT2D eigenvalue weighted by molar-refractivity contribution is 6.35. The number of nitrogens with one attached hydrogen (secondary N) is 1. The number of aryl methyl sites for hydroxylation is 1. The van der Waals surface area contributed by atoms with E-state index in [-0.39, 0.29) is 11.8 Å². The molecule has 2 aromatic carbocycles. The van der Waals surface area contributed by atoms with Gasteiger partial charge in [-0.25, -0.2) is 0 Å². The van der Waals surface area contributed by atoms with Crippen LogP contribution in [0.1, 0.15) is 36.5 Å². The number of hydrogen-bond donors (Lipinski definition) is 1. The number of piperidine rings is 1. The summed E-state index contributed by atoms with van der Waals surface area (Å²) in [4.78, 5) is 34.0. The number of H-pyrrole nitrogens is 1. The van der Waals surface area contributed by atoms with Crippen molar-refractivity contribution in [1.82, 2.24) is 14.8 Å². The van der Waals surface area contributed by atoms with E-state index in [1.54, 1.807) is 0 Å². The molecule has 1 atom stereocenters. The monoisotopic (exact) mass is 427 g/mol. The Hall–Kier alpha value is -3.34. The molecule has 5 rings (SSSR count). The summed E-state index contributed by atoms with van der Waals surface area (Å²) in [5, 5.41) is 1.14. The van der Waals surface area contributed by atoms with Gasteiger partial charge in [0.2, 0.25) is 0 Å². The Morgan fingerprint density at radius 1 is 1.03 bits per heavy atom. The Balaban J connectivity index is 1.46. The van der Waals surface area contributed by atoms with Gasteiger partial charge in [0.15, 0.2) is 0 Å². The highest BCUT2D eigenvalue weighted by atomic mass is 16.2. The largest absolute Gasteiger partial charge is 0.366 e. The number of aromatic amines is 1. The van der Waals surface area contributed by atoms with E-state index in [1.165, 1.54) is 4.90 Å². The number of hydrogen-bond acceptors (Lipinski definition) is 3. The highest BCUT2D eigenvalue weighted by Crippen LogP contribution is 2.34. The summed E-state index contributed by atoms with van der Waals surface area (Å²) in [6, 6.07) is 16.1. The fourth-order valence-electron chi connectivity index (χ4n) is 5.00. The van der Waals surface area contributed by atoms with Gasteiger partial charge in [-0.3, -0.25) is 14.5 Å². The summed E-state index contributed by atoms with van der Waals surface area (Å²) in [6.45, 7) is 6.26. The predicted molar refractivity (Wildman–Crippen MR) is 127 cm³/mol. The van der Waals surface area contributed by atoms with Crippen molar-refractivity contribution in [2.75, 3.05) is 19.6 Å². The topological polar surface area (TPSA) is 56.4 Å². The molecule has 164 valence electrons. The number of likely N-dealkylation sites (tertiary alicyclic amines) is 1. The lowest BCUT2D eigenvalue weighted by Gasteiger charge is -2.33. The molecule has 3 aromatic rings. The predicted octanol–water partition coefficient (Wildman–Crippen LogP) is 4.53. The normalized spacial score (nSPS) is 19.5. The fraction of sp³-hybridized carbons (Fsp3) is 0.333. The van der Waals surface area contributed by atoms with Crippen LogP contribution < -0.4 is 0 Å². The number of rotatable bonds is 5. The van der Waals surface area contributed by atoms with E-state index >= 15 is 0 Å². The summed E-state index contributed by atoms with van der Waals surface area (Å²) < 4.78 is 0. The van der Waals surface area contributed by atoms with Gasteiger partial charge in [-0.05, 0) is 49.3 Å². The van der Waals surface area contributed by atoms with E-state index in [2.05, 4.69) is 22.9 Å². The Morgan fingerprint density at radius 3 is 2.59 bits per heavy atom. The SMILES string of the molecule is Cc1ccc(C2=C(N3CCCC(C)C3)C(=O)N(CCc3c[nH]c4ccccc34)C2=O)cc1. The highest BCUT2D eigenvalue weighted by Gasteiger charge is 2.42. The van der Waals surface area contributed by atoms with Crippen LogP contribution in [0.2, 0.25) is 0 Å². The van der Waals surface area contributed by atoms with E-state index in [0.717, 1.165) is 53.5 Å². The van der Waals surface area contributed by atoms with E-state index in [9.17, 15) is 9.59 Å². The third-order valence-electron chi connectivity index (χ3n) is 6.74. The second-order valence-corrected chi connectivity index (χ2v) is 9.15. The Morgan fingerprint density at radius 2 is 1.81 bits per heavy atom. The van der Waals surface area contributed by atoms with E-state index < -0.39 is 0 Å². The summed E-state index contributed by atoms with van der Waals surface area (Å²) >= 11 is 0. The lowest BCUT2D eigenvalue weighted by Crippen LogP contribution is -2.39. The van der Waals surface area contributed by atoms with Gasteiger partial charge >= 0.3 is 0 Å².